The number of hydrogen-bond donors (Lipinski definition) is 0. The molecule has 3 heterocycles. The Morgan fingerprint density at radius 1 is 1.13 bits per heavy atom. The molecule has 1 aliphatic heterocycles. The molecule has 0 saturated carbocycles. The molecule has 0 spiro atoms. The van der Waals surface area contributed by atoms with Gasteiger partial charge in [0.15, 0.2) is 5.16 Å². The molecule has 2 aliphatic rings. The molecule has 7 heteroatoms. The first-order valence-corrected chi connectivity index (χ1v) is 12.9. The number of likely N-dealkylation sites (tertiary alicyclic amines) is 1. The van der Waals surface area contributed by atoms with Crippen LogP contribution < -0.4 is 5.56 Å². The Labute approximate surface area is 190 Å². The van der Waals surface area contributed by atoms with Crippen LogP contribution >= 0.6 is 23.1 Å². The lowest BCUT2D eigenvalue weighted by atomic mass is 9.97. The Kier molecular flexibility index (Phi) is 5.65. The molecule has 5 nitrogen and oxygen atoms in total. The van der Waals surface area contributed by atoms with Gasteiger partial charge in [0.2, 0.25) is 5.91 Å². The Hall–Kier alpha value is -2.12. The van der Waals surface area contributed by atoms with E-state index in [1.807, 2.05) is 24.8 Å². The molecule has 1 aromatic carbocycles. The van der Waals surface area contributed by atoms with Gasteiger partial charge in [-0.2, -0.15) is 0 Å². The predicted octanol–water partition coefficient (Wildman–Crippen LogP) is 4.66. The normalized spacial score (nSPS) is 16.1. The fourth-order valence-electron chi connectivity index (χ4n) is 4.64. The topological polar surface area (TPSA) is 55.2 Å². The monoisotopic (exact) mass is 453 g/mol. The number of amides is 1. The van der Waals surface area contributed by atoms with Gasteiger partial charge in [0.1, 0.15) is 4.83 Å². The maximum Gasteiger partial charge on any atom is 0.267 e. The lowest BCUT2D eigenvalue weighted by molar-refractivity contribution is -0.127. The van der Waals surface area contributed by atoms with Crippen molar-refractivity contribution in [3.8, 4) is 5.69 Å². The van der Waals surface area contributed by atoms with Crippen LogP contribution in [0.25, 0.3) is 15.9 Å². The second-order valence-electron chi connectivity index (χ2n) is 8.59. The molecule has 0 atom stereocenters. The van der Waals surface area contributed by atoms with Crippen molar-refractivity contribution in [1.82, 2.24) is 14.5 Å². The number of carbonyl (C=O) groups excluding carboxylic acids is 1. The number of benzene rings is 1. The summed E-state index contributed by atoms with van der Waals surface area (Å²) < 4.78 is 1.76. The minimum absolute atomic E-state index is 0.00854. The van der Waals surface area contributed by atoms with E-state index in [0.29, 0.717) is 10.9 Å². The van der Waals surface area contributed by atoms with E-state index in [2.05, 4.69) is 12.1 Å². The number of hydrogen-bond acceptors (Lipinski definition) is 5. The van der Waals surface area contributed by atoms with Gasteiger partial charge in [0, 0.05) is 18.0 Å². The van der Waals surface area contributed by atoms with Crippen molar-refractivity contribution in [2.45, 2.75) is 57.5 Å². The Bertz CT molecular complexity index is 1220. The van der Waals surface area contributed by atoms with Gasteiger partial charge in [-0.1, -0.05) is 23.9 Å². The Morgan fingerprint density at radius 2 is 1.90 bits per heavy atom. The molecule has 0 radical (unpaired) electrons. The third kappa shape index (κ3) is 3.82. The molecule has 3 aromatic rings. The standard InChI is InChI=1S/C24H27N3O2S2/c1-15-9-10-16(2)18(13-15)27-23(29)21-17-7-3-4-8-19(17)31-22(21)25-24(27)30-14-20(28)26-11-5-6-12-26/h9-10,13H,3-8,11-12,14H2,1-2H3. The van der Waals surface area contributed by atoms with E-state index >= 15 is 0 Å². The summed E-state index contributed by atoms with van der Waals surface area (Å²) in [6.45, 7) is 5.75. The van der Waals surface area contributed by atoms with Crippen molar-refractivity contribution in [1.29, 1.82) is 0 Å². The first-order valence-electron chi connectivity index (χ1n) is 11.1. The number of thioether (sulfide) groups is 1. The van der Waals surface area contributed by atoms with E-state index in [-0.39, 0.29) is 11.5 Å². The predicted molar refractivity (Wildman–Crippen MR) is 128 cm³/mol. The van der Waals surface area contributed by atoms with E-state index in [1.54, 1.807) is 15.9 Å². The third-order valence-electron chi connectivity index (χ3n) is 6.35. The molecule has 0 unspecified atom stereocenters. The Morgan fingerprint density at radius 3 is 2.71 bits per heavy atom. The summed E-state index contributed by atoms with van der Waals surface area (Å²) in [6, 6.07) is 6.16. The van der Waals surface area contributed by atoms with Crippen molar-refractivity contribution in [3.05, 3.63) is 50.1 Å². The summed E-state index contributed by atoms with van der Waals surface area (Å²) in [4.78, 5) is 35.6. The zero-order valence-electron chi connectivity index (χ0n) is 18.1. The maximum atomic E-state index is 13.9. The molecule has 0 N–H and O–H groups in total. The molecule has 0 bridgehead atoms. The molecule has 1 saturated heterocycles. The van der Waals surface area contributed by atoms with Crippen molar-refractivity contribution in [3.63, 3.8) is 0 Å². The number of rotatable bonds is 4. The van der Waals surface area contributed by atoms with Crippen LogP contribution in [-0.4, -0.2) is 39.2 Å². The second kappa shape index (κ2) is 8.43. The zero-order chi connectivity index (χ0) is 21.5. The SMILES string of the molecule is Cc1ccc(C)c(-n2c(SCC(=O)N3CCCC3)nc3sc4c(c3c2=O)CCCC4)c1. The molecule has 2 aromatic heterocycles. The van der Waals surface area contributed by atoms with Crippen LogP contribution in [0.5, 0.6) is 0 Å². The molecule has 1 amide bonds. The van der Waals surface area contributed by atoms with Crippen LogP contribution in [-0.2, 0) is 17.6 Å². The third-order valence-corrected chi connectivity index (χ3v) is 8.46. The average Bonchev–Trinajstić information content (AvgIpc) is 3.42. The average molecular weight is 454 g/mol. The molecule has 31 heavy (non-hydrogen) atoms. The molecule has 162 valence electrons. The van der Waals surface area contributed by atoms with Gasteiger partial charge in [-0.15, -0.1) is 11.3 Å². The number of fused-ring (bicyclic) bond motifs is 3. The van der Waals surface area contributed by atoms with Crippen molar-refractivity contribution < 1.29 is 4.79 Å². The van der Waals surface area contributed by atoms with Crippen molar-refractivity contribution >= 4 is 39.2 Å². The first-order chi connectivity index (χ1) is 15.0. The highest BCUT2D eigenvalue weighted by Gasteiger charge is 2.25. The van der Waals surface area contributed by atoms with Gasteiger partial charge in [-0.25, -0.2) is 4.98 Å². The molecular weight excluding hydrogens is 426 g/mol. The lowest BCUT2D eigenvalue weighted by Gasteiger charge is -2.17. The van der Waals surface area contributed by atoms with Gasteiger partial charge in [0.25, 0.3) is 5.56 Å². The van der Waals surface area contributed by atoms with Gasteiger partial charge < -0.3 is 4.90 Å². The largest absolute Gasteiger partial charge is 0.342 e. The highest BCUT2D eigenvalue weighted by atomic mass is 32.2. The number of thiophene rings is 1. The van der Waals surface area contributed by atoms with E-state index in [9.17, 15) is 9.59 Å². The minimum Gasteiger partial charge on any atom is -0.342 e. The van der Waals surface area contributed by atoms with Gasteiger partial charge in [0.05, 0.1) is 16.8 Å². The van der Waals surface area contributed by atoms with Crippen LogP contribution in [0.2, 0.25) is 0 Å². The maximum absolute atomic E-state index is 13.9. The van der Waals surface area contributed by atoms with E-state index in [0.717, 1.165) is 72.2 Å². The Balaban J connectivity index is 1.64. The fraction of sp³-hybridized carbons (Fsp3) is 0.458. The second-order valence-corrected chi connectivity index (χ2v) is 10.6. The van der Waals surface area contributed by atoms with Gasteiger partial charge in [-0.3, -0.25) is 14.2 Å². The molecule has 5 rings (SSSR count). The highest BCUT2D eigenvalue weighted by molar-refractivity contribution is 7.99. The summed E-state index contributed by atoms with van der Waals surface area (Å²) >= 11 is 3.06. The van der Waals surface area contributed by atoms with E-state index in [4.69, 9.17) is 4.98 Å². The summed E-state index contributed by atoms with van der Waals surface area (Å²) in [7, 11) is 0. The molecular formula is C24H27N3O2S2. The van der Waals surface area contributed by atoms with E-state index in [1.165, 1.54) is 28.6 Å². The highest BCUT2D eigenvalue weighted by Crippen LogP contribution is 2.35. The molecule has 1 aliphatic carbocycles. The minimum atomic E-state index is 0.00854. The van der Waals surface area contributed by atoms with Gasteiger partial charge >= 0.3 is 0 Å². The van der Waals surface area contributed by atoms with Crippen LogP contribution in [0.15, 0.2) is 28.2 Å². The fourth-order valence-corrected chi connectivity index (χ4v) is 6.85. The van der Waals surface area contributed by atoms with Crippen LogP contribution in [0.1, 0.15) is 47.3 Å². The first kappa shape index (κ1) is 20.8. The summed E-state index contributed by atoms with van der Waals surface area (Å²) in [5.74, 6) is 0.447. The summed E-state index contributed by atoms with van der Waals surface area (Å²) in [6.07, 6.45) is 6.46. The van der Waals surface area contributed by atoms with Crippen LogP contribution in [0.4, 0.5) is 0 Å². The van der Waals surface area contributed by atoms with Gasteiger partial charge in [-0.05, 0) is 75.1 Å². The summed E-state index contributed by atoms with van der Waals surface area (Å²) in [5.41, 5.74) is 4.21. The van der Waals surface area contributed by atoms with Crippen molar-refractivity contribution in [2.24, 2.45) is 0 Å². The quantitative estimate of drug-likeness (QED) is 0.426. The van der Waals surface area contributed by atoms with Crippen LogP contribution in [0, 0.1) is 13.8 Å². The van der Waals surface area contributed by atoms with Crippen LogP contribution in [0.3, 0.4) is 0 Å². The zero-order valence-corrected chi connectivity index (χ0v) is 19.7. The number of aryl methyl sites for hydroxylation is 4. The van der Waals surface area contributed by atoms with Crippen molar-refractivity contribution in [2.75, 3.05) is 18.8 Å². The molecule has 1 fully saturated rings. The number of aromatic nitrogens is 2. The lowest BCUT2D eigenvalue weighted by Crippen LogP contribution is -2.30. The number of carbonyl (C=O) groups is 1. The van der Waals surface area contributed by atoms with E-state index < -0.39 is 0 Å². The summed E-state index contributed by atoms with van der Waals surface area (Å²) in [5, 5.41) is 1.41. The smallest absolute Gasteiger partial charge is 0.267 e. The number of nitrogens with zero attached hydrogens (tertiary/aromatic N) is 3.